The zero-order valence-electron chi connectivity index (χ0n) is 34.3. The van der Waals surface area contributed by atoms with Gasteiger partial charge < -0.3 is 4.57 Å². The summed E-state index contributed by atoms with van der Waals surface area (Å²) >= 11 is 0. The topological polar surface area (TPSA) is 17.8 Å². The molecular formula is C61H38N2. The molecule has 0 fully saturated rings. The Hall–Kier alpha value is -8.33. The number of hydrogen-bond acceptors (Lipinski definition) is 1. The molecule has 2 aromatic heterocycles. The van der Waals surface area contributed by atoms with Crippen LogP contribution in [0.2, 0.25) is 0 Å². The fraction of sp³-hybridized carbons (Fsp3) is 0. The Bertz CT molecular complexity index is 3900. The number of fused-ring (bicyclic) bond motifs is 11. The lowest BCUT2D eigenvalue weighted by molar-refractivity contribution is 1.16. The van der Waals surface area contributed by atoms with Crippen molar-refractivity contribution in [2.75, 3.05) is 0 Å². The van der Waals surface area contributed by atoms with Crippen LogP contribution in [0.25, 0.3) is 126 Å². The molecule has 0 saturated heterocycles. The van der Waals surface area contributed by atoms with Gasteiger partial charge in [-0.05, 0) is 131 Å². The van der Waals surface area contributed by atoms with Gasteiger partial charge in [-0.15, -0.1) is 0 Å². The van der Waals surface area contributed by atoms with E-state index < -0.39 is 0 Å². The largest absolute Gasteiger partial charge is 0.309 e. The maximum atomic E-state index is 5.28. The molecule has 0 aliphatic carbocycles. The lowest BCUT2D eigenvalue weighted by Gasteiger charge is -2.15. The first-order chi connectivity index (χ1) is 31.2. The molecule has 13 rings (SSSR count). The summed E-state index contributed by atoms with van der Waals surface area (Å²) in [6.07, 6.45) is 0. The van der Waals surface area contributed by atoms with E-state index in [-0.39, 0.29) is 0 Å². The predicted octanol–water partition coefficient (Wildman–Crippen LogP) is 16.6. The molecule has 13 aromatic rings. The minimum Gasteiger partial charge on any atom is -0.309 e. The maximum absolute atomic E-state index is 5.28. The van der Waals surface area contributed by atoms with Crippen LogP contribution < -0.4 is 0 Å². The van der Waals surface area contributed by atoms with E-state index in [1.807, 2.05) is 0 Å². The monoisotopic (exact) mass is 798 g/mol. The minimum absolute atomic E-state index is 0.938. The maximum Gasteiger partial charge on any atom is 0.0730 e. The number of benzene rings is 11. The van der Waals surface area contributed by atoms with Crippen molar-refractivity contribution in [2.45, 2.75) is 0 Å². The van der Waals surface area contributed by atoms with Crippen LogP contribution in [0.3, 0.4) is 0 Å². The van der Waals surface area contributed by atoms with Gasteiger partial charge in [0.25, 0.3) is 0 Å². The van der Waals surface area contributed by atoms with Crippen LogP contribution in [0.15, 0.2) is 231 Å². The van der Waals surface area contributed by atoms with Crippen LogP contribution in [0, 0.1) is 0 Å². The van der Waals surface area contributed by atoms with E-state index in [9.17, 15) is 0 Å². The highest BCUT2D eigenvalue weighted by Crippen LogP contribution is 2.44. The number of pyridine rings is 1. The third-order valence-corrected chi connectivity index (χ3v) is 13.1. The van der Waals surface area contributed by atoms with Gasteiger partial charge >= 0.3 is 0 Å². The van der Waals surface area contributed by atoms with Gasteiger partial charge in [0.15, 0.2) is 0 Å². The molecule has 0 saturated carbocycles. The Morgan fingerprint density at radius 1 is 0.238 bits per heavy atom. The second-order valence-electron chi connectivity index (χ2n) is 16.7. The van der Waals surface area contributed by atoms with Crippen molar-refractivity contribution in [1.82, 2.24) is 9.55 Å². The highest BCUT2D eigenvalue weighted by atomic mass is 15.0. The van der Waals surface area contributed by atoms with Crippen LogP contribution in [-0.4, -0.2) is 9.55 Å². The molecule has 0 atom stereocenters. The van der Waals surface area contributed by atoms with Crippen molar-refractivity contribution in [2.24, 2.45) is 0 Å². The van der Waals surface area contributed by atoms with Gasteiger partial charge in [0.2, 0.25) is 0 Å². The van der Waals surface area contributed by atoms with Gasteiger partial charge in [-0.1, -0.05) is 176 Å². The molecule has 11 aromatic carbocycles. The Labute approximate surface area is 364 Å². The zero-order chi connectivity index (χ0) is 41.4. The first kappa shape index (κ1) is 35.4. The van der Waals surface area contributed by atoms with Crippen molar-refractivity contribution < 1.29 is 0 Å². The van der Waals surface area contributed by atoms with Gasteiger partial charge in [-0.2, -0.15) is 0 Å². The van der Waals surface area contributed by atoms with Crippen LogP contribution in [-0.2, 0) is 0 Å². The molecule has 0 spiro atoms. The summed E-state index contributed by atoms with van der Waals surface area (Å²) in [7, 11) is 0. The van der Waals surface area contributed by atoms with Crippen molar-refractivity contribution in [3.8, 4) is 50.5 Å². The summed E-state index contributed by atoms with van der Waals surface area (Å²) in [6.45, 7) is 0. The quantitative estimate of drug-likeness (QED) is 0.159. The number of aromatic nitrogens is 2. The molecule has 2 nitrogen and oxygen atoms in total. The molecule has 0 unspecified atom stereocenters. The lowest BCUT2D eigenvalue weighted by Crippen LogP contribution is -1.98. The highest BCUT2D eigenvalue weighted by molar-refractivity contribution is 6.29. The van der Waals surface area contributed by atoms with Crippen LogP contribution in [0.1, 0.15) is 0 Å². The first-order valence-corrected chi connectivity index (χ1v) is 21.7. The number of rotatable bonds is 5. The van der Waals surface area contributed by atoms with Crippen molar-refractivity contribution >= 4 is 75.7 Å². The summed E-state index contributed by atoms with van der Waals surface area (Å²) in [5.74, 6) is 0. The zero-order valence-corrected chi connectivity index (χ0v) is 34.3. The summed E-state index contributed by atoms with van der Waals surface area (Å²) in [5, 5.41) is 14.9. The van der Waals surface area contributed by atoms with Gasteiger partial charge in [-0.3, -0.25) is 0 Å². The fourth-order valence-electron chi connectivity index (χ4n) is 10.00. The molecule has 292 valence electrons. The molecule has 63 heavy (non-hydrogen) atoms. The molecular weight excluding hydrogens is 761 g/mol. The van der Waals surface area contributed by atoms with Crippen molar-refractivity contribution in [3.63, 3.8) is 0 Å². The SMILES string of the molecule is c1ccc(-c2cc(-n3c4ccc(-c5ccc6ccccc6c5)cc4c4cc5c6ccccc6c6cc(-c7ccc8ccccc8c7)ccc6c5cc43)cc(-c3ccccc3)n2)cc1. The second-order valence-corrected chi connectivity index (χ2v) is 16.7. The van der Waals surface area contributed by atoms with Gasteiger partial charge in [0, 0.05) is 21.9 Å². The van der Waals surface area contributed by atoms with E-state index in [0.717, 1.165) is 39.2 Å². The molecule has 0 aliphatic rings. The Balaban J connectivity index is 1.12. The van der Waals surface area contributed by atoms with Crippen molar-refractivity contribution in [3.05, 3.63) is 231 Å². The van der Waals surface area contributed by atoms with E-state index >= 15 is 0 Å². The number of hydrogen-bond donors (Lipinski definition) is 0. The van der Waals surface area contributed by atoms with Gasteiger partial charge in [0.05, 0.1) is 28.1 Å². The number of nitrogens with zero attached hydrogens (tertiary/aromatic N) is 2. The van der Waals surface area contributed by atoms with Gasteiger partial charge in [-0.25, -0.2) is 4.98 Å². The van der Waals surface area contributed by atoms with E-state index in [2.05, 4.69) is 235 Å². The molecule has 0 bridgehead atoms. The van der Waals surface area contributed by atoms with E-state index in [4.69, 9.17) is 4.98 Å². The Morgan fingerprint density at radius 3 is 1.27 bits per heavy atom. The van der Waals surface area contributed by atoms with E-state index in [1.54, 1.807) is 0 Å². The summed E-state index contributed by atoms with van der Waals surface area (Å²) in [6, 6.07) is 84.4. The third-order valence-electron chi connectivity index (χ3n) is 13.1. The average Bonchev–Trinajstić information content (AvgIpc) is 3.68. The standard InChI is InChI=1S/C61H38N2/c1-3-15-41(16-4-1)58-35-49(36-59(62-58)42-17-5-2-6-18-42)63-60-30-28-48(46-26-24-40-14-8-10-20-44(40)32-46)34-56(60)57-37-54-51-22-12-11-21-50(51)53-33-47(27-29-52(53)55(54)38-61(57)63)45-25-23-39-13-7-9-19-43(39)31-45/h1-38H. The normalized spacial score (nSPS) is 11.8. The summed E-state index contributed by atoms with van der Waals surface area (Å²) < 4.78 is 2.47. The fourth-order valence-corrected chi connectivity index (χ4v) is 10.00. The van der Waals surface area contributed by atoms with Gasteiger partial charge in [0.1, 0.15) is 0 Å². The highest BCUT2D eigenvalue weighted by Gasteiger charge is 2.20. The summed E-state index contributed by atoms with van der Waals surface area (Å²) in [4.78, 5) is 5.28. The minimum atomic E-state index is 0.938. The third kappa shape index (κ3) is 5.84. The lowest BCUT2D eigenvalue weighted by atomic mass is 9.90. The second kappa shape index (κ2) is 14.1. The van der Waals surface area contributed by atoms with Crippen LogP contribution in [0.5, 0.6) is 0 Å². The van der Waals surface area contributed by atoms with Crippen LogP contribution >= 0.6 is 0 Å². The van der Waals surface area contributed by atoms with Crippen LogP contribution in [0.4, 0.5) is 0 Å². The summed E-state index contributed by atoms with van der Waals surface area (Å²) in [5.41, 5.74) is 12.3. The Morgan fingerprint density at radius 2 is 0.667 bits per heavy atom. The van der Waals surface area contributed by atoms with E-state index in [0.29, 0.717) is 0 Å². The Kier molecular flexibility index (Phi) is 7.94. The molecule has 0 N–H and O–H groups in total. The first-order valence-electron chi connectivity index (χ1n) is 21.7. The molecule has 0 aliphatic heterocycles. The average molecular weight is 799 g/mol. The van der Waals surface area contributed by atoms with E-state index in [1.165, 1.54) is 86.9 Å². The predicted molar refractivity (Wildman–Crippen MR) is 268 cm³/mol. The van der Waals surface area contributed by atoms with Crippen molar-refractivity contribution in [1.29, 1.82) is 0 Å². The molecule has 0 amide bonds. The molecule has 2 heteroatoms. The smallest absolute Gasteiger partial charge is 0.0730 e. The molecule has 0 radical (unpaired) electrons. The molecule has 2 heterocycles.